The van der Waals surface area contributed by atoms with Gasteiger partial charge in [0, 0.05) is 10.9 Å². The average Bonchev–Trinajstić information content (AvgIpc) is 2.70. The summed E-state index contributed by atoms with van der Waals surface area (Å²) in [6, 6.07) is 9.87. The molecular weight excluding hydrogens is 284 g/mol. The molecule has 2 rings (SSSR count). The molecule has 3 heteroatoms. The highest BCUT2D eigenvalue weighted by Gasteiger charge is 2.23. The van der Waals surface area contributed by atoms with E-state index in [1.165, 1.54) is 5.56 Å². The molecule has 0 aliphatic rings. The largest absolute Gasteiger partial charge is 0.385 e. The first-order valence-electron chi connectivity index (χ1n) is 5.07. The van der Waals surface area contributed by atoms with E-state index in [9.17, 15) is 5.11 Å². The van der Waals surface area contributed by atoms with Crippen LogP contribution in [-0.4, -0.2) is 5.11 Å². The number of aliphatic hydroxyl groups is 1. The monoisotopic (exact) mass is 296 g/mol. The van der Waals surface area contributed by atoms with Gasteiger partial charge >= 0.3 is 0 Å². The highest BCUT2D eigenvalue weighted by Crippen LogP contribution is 2.27. The van der Waals surface area contributed by atoms with E-state index in [2.05, 4.69) is 27.4 Å². The Morgan fingerprint density at radius 1 is 1.25 bits per heavy atom. The summed E-state index contributed by atoms with van der Waals surface area (Å²) in [4.78, 5) is 0. The molecule has 1 unspecified atom stereocenters. The van der Waals surface area contributed by atoms with Crippen molar-refractivity contribution in [2.45, 2.75) is 18.9 Å². The van der Waals surface area contributed by atoms with E-state index in [-0.39, 0.29) is 0 Å². The normalized spacial score (nSPS) is 14.7. The predicted octanol–water partition coefficient (Wildman–Crippen LogP) is 3.96. The number of hydrogen-bond donors (Lipinski definition) is 1. The fourth-order valence-electron chi connectivity index (χ4n) is 1.70. The molecule has 1 atom stereocenters. The van der Waals surface area contributed by atoms with E-state index >= 15 is 0 Å². The molecule has 0 fully saturated rings. The van der Waals surface area contributed by atoms with Gasteiger partial charge in [0.25, 0.3) is 0 Å². The summed E-state index contributed by atoms with van der Waals surface area (Å²) in [7, 11) is 0. The Morgan fingerprint density at radius 2 is 1.94 bits per heavy atom. The third-order valence-corrected chi connectivity index (χ3v) is 3.86. The molecule has 0 bridgehead atoms. The Bertz CT molecular complexity index is 445. The van der Waals surface area contributed by atoms with Crippen molar-refractivity contribution in [1.29, 1.82) is 0 Å². The van der Waals surface area contributed by atoms with Gasteiger partial charge in [-0.2, -0.15) is 11.3 Å². The quantitative estimate of drug-likeness (QED) is 0.909. The maximum absolute atomic E-state index is 10.4. The second kappa shape index (κ2) is 4.70. The summed E-state index contributed by atoms with van der Waals surface area (Å²) in [5, 5.41) is 14.5. The maximum atomic E-state index is 10.4. The molecule has 1 N–H and O–H groups in total. The van der Waals surface area contributed by atoms with Gasteiger partial charge in [-0.1, -0.05) is 28.1 Å². The van der Waals surface area contributed by atoms with Gasteiger partial charge in [-0.25, -0.2) is 0 Å². The number of halogens is 1. The minimum Gasteiger partial charge on any atom is -0.385 e. The van der Waals surface area contributed by atoms with Crippen LogP contribution in [0.15, 0.2) is 45.6 Å². The summed E-state index contributed by atoms with van der Waals surface area (Å²) < 4.78 is 1.03. The molecule has 0 spiro atoms. The molecule has 1 nitrogen and oxygen atoms in total. The fraction of sp³-hybridized carbons (Fsp3) is 0.231. The minimum atomic E-state index is -0.804. The van der Waals surface area contributed by atoms with Crippen LogP contribution in [0.2, 0.25) is 0 Å². The number of rotatable bonds is 3. The Morgan fingerprint density at radius 3 is 2.50 bits per heavy atom. The summed E-state index contributed by atoms with van der Waals surface area (Å²) in [6.45, 7) is 1.86. The molecule has 0 aliphatic heterocycles. The van der Waals surface area contributed by atoms with Crippen LogP contribution in [0, 0.1) is 0 Å². The van der Waals surface area contributed by atoms with Crippen LogP contribution in [-0.2, 0) is 12.0 Å². The van der Waals surface area contributed by atoms with Crippen molar-refractivity contribution >= 4 is 27.3 Å². The van der Waals surface area contributed by atoms with E-state index in [1.54, 1.807) is 11.3 Å². The first kappa shape index (κ1) is 11.8. The molecule has 1 heterocycles. The molecule has 0 aliphatic carbocycles. The van der Waals surface area contributed by atoms with Gasteiger partial charge < -0.3 is 5.11 Å². The van der Waals surface area contributed by atoms with Crippen molar-refractivity contribution in [3.8, 4) is 0 Å². The van der Waals surface area contributed by atoms with Gasteiger partial charge in [-0.15, -0.1) is 0 Å². The molecule has 0 amide bonds. The van der Waals surface area contributed by atoms with Gasteiger partial charge in [0.15, 0.2) is 0 Å². The fourth-order valence-corrected chi connectivity index (χ4v) is 2.63. The maximum Gasteiger partial charge on any atom is 0.0909 e. The summed E-state index contributed by atoms with van der Waals surface area (Å²) in [5.74, 6) is 0. The Kier molecular flexibility index (Phi) is 3.47. The lowest BCUT2D eigenvalue weighted by atomic mass is 9.90. The van der Waals surface area contributed by atoms with Crippen molar-refractivity contribution in [2.75, 3.05) is 0 Å². The molecule has 0 radical (unpaired) electrons. The molecule has 2 aromatic rings. The molecule has 0 saturated heterocycles. The number of benzene rings is 1. The SMILES string of the molecule is CC(O)(Cc1ccsc1)c1ccc(Br)cc1. The van der Waals surface area contributed by atoms with Crippen LogP contribution in [0.1, 0.15) is 18.1 Å². The molecule has 84 valence electrons. The lowest BCUT2D eigenvalue weighted by molar-refractivity contribution is 0.0577. The third-order valence-electron chi connectivity index (χ3n) is 2.59. The zero-order chi connectivity index (χ0) is 11.6. The van der Waals surface area contributed by atoms with Gasteiger partial charge in [-0.05, 0) is 47.0 Å². The topological polar surface area (TPSA) is 20.2 Å². The third kappa shape index (κ3) is 2.73. The first-order valence-corrected chi connectivity index (χ1v) is 6.81. The molecular formula is C13H13BrOS. The zero-order valence-electron chi connectivity index (χ0n) is 8.98. The van der Waals surface area contributed by atoms with Gasteiger partial charge in [0.1, 0.15) is 0 Å². The highest BCUT2D eigenvalue weighted by atomic mass is 79.9. The zero-order valence-corrected chi connectivity index (χ0v) is 11.4. The average molecular weight is 297 g/mol. The van der Waals surface area contributed by atoms with E-state index in [0.717, 1.165) is 10.0 Å². The molecule has 1 aromatic carbocycles. The lowest BCUT2D eigenvalue weighted by Crippen LogP contribution is -2.23. The second-order valence-corrected chi connectivity index (χ2v) is 5.78. The van der Waals surface area contributed by atoms with Gasteiger partial charge in [-0.3, -0.25) is 0 Å². The Balaban J connectivity index is 2.21. The minimum absolute atomic E-state index is 0.651. The van der Waals surface area contributed by atoms with E-state index in [4.69, 9.17) is 0 Å². The van der Waals surface area contributed by atoms with E-state index in [0.29, 0.717) is 6.42 Å². The van der Waals surface area contributed by atoms with Crippen LogP contribution < -0.4 is 0 Å². The smallest absolute Gasteiger partial charge is 0.0909 e. The lowest BCUT2D eigenvalue weighted by Gasteiger charge is -2.23. The van der Waals surface area contributed by atoms with Crippen LogP contribution in [0.4, 0.5) is 0 Å². The van der Waals surface area contributed by atoms with Crippen LogP contribution >= 0.6 is 27.3 Å². The number of hydrogen-bond acceptors (Lipinski definition) is 2. The van der Waals surface area contributed by atoms with Crippen LogP contribution in [0.3, 0.4) is 0 Å². The summed E-state index contributed by atoms with van der Waals surface area (Å²) in [5.41, 5.74) is 1.32. The Labute approximate surface area is 108 Å². The predicted molar refractivity (Wildman–Crippen MR) is 71.7 cm³/mol. The van der Waals surface area contributed by atoms with Crippen molar-refractivity contribution in [1.82, 2.24) is 0 Å². The van der Waals surface area contributed by atoms with E-state index < -0.39 is 5.60 Å². The van der Waals surface area contributed by atoms with Crippen molar-refractivity contribution in [3.63, 3.8) is 0 Å². The van der Waals surface area contributed by atoms with Crippen molar-refractivity contribution in [3.05, 3.63) is 56.7 Å². The van der Waals surface area contributed by atoms with Crippen LogP contribution in [0.25, 0.3) is 0 Å². The first-order chi connectivity index (χ1) is 7.58. The summed E-state index contributed by atoms with van der Waals surface area (Å²) >= 11 is 5.05. The second-order valence-electron chi connectivity index (χ2n) is 4.09. The molecule has 0 saturated carbocycles. The van der Waals surface area contributed by atoms with E-state index in [1.807, 2.05) is 36.6 Å². The van der Waals surface area contributed by atoms with Crippen LogP contribution in [0.5, 0.6) is 0 Å². The standard InChI is InChI=1S/C13H13BrOS/c1-13(15,8-10-6-7-16-9-10)11-2-4-12(14)5-3-11/h2-7,9,15H,8H2,1H3. The Hall–Kier alpha value is -0.640. The van der Waals surface area contributed by atoms with Gasteiger partial charge in [0.2, 0.25) is 0 Å². The summed E-state index contributed by atoms with van der Waals surface area (Å²) in [6.07, 6.45) is 0.651. The molecule has 16 heavy (non-hydrogen) atoms. The van der Waals surface area contributed by atoms with Crippen molar-refractivity contribution < 1.29 is 5.11 Å². The van der Waals surface area contributed by atoms with Crippen molar-refractivity contribution in [2.24, 2.45) is 0 Å². The number of thiophene rings is 1. The molecule has 1 aromatic heterocycles. The van der Waals surface area contributed by atoms with Gasteiger partial charge in [0.05, 0.1) is 5.60 Å². The highest BCUT2D eigenvalue weighted by molar-refractivity contribution is 9.10.